The van der Waals surface area contributed by atoms with Gasteiger partial charge in [-0.15, -0.1) is 0 Å². The summed E-state index contributed by atoms with van der Waals surface area (Å²) in [6.45, 7) is 1.99. The van der Waals surface area contributed by atoms with Gasteiger partial charge in [-0.3, -0.25) is 4.79 Å². The molecule has 0 aliphatic carbocycles. The van der Waals surface area contributed by atoms with Crippen molar-refractivity contribution in [3.63, 3.8) is 0 Å². The van der Waals surface area contributed by atoms with E-state index in [9.17, 15) is 4.79 Å². The van der Waals surface area contributed by atoms with Gasteiger partial charge in [0.1, 0.15) is 0 Å². The third kappa shape index (κ3) is 2.57. The van der Waals surface area contributed by atoms with Crippen molar-refractivity contribution in [1.29, 1.82) is 0 Å². The number of halogens is 1. The van der Waals surface area contributed by atoms with Crippen molar-refractivity contribution in [2.45, 2.75) is 18.6 Å². The fraction of sp³-hybridized carbons (Fsp3) is 0.273. The molecule has 0 aromatic heterocycles. The third-order valence-electron chi connectivity index (χ3n) is 2.20. The quantitative estimate of drug-likeness (QED) is 0.882. The Bertz CT molecular complexity index is 430. The Kier molecular flexibility index (Phi) is 3.51. The molecule has 16 heavy (non-hydrogen) atoms. The van der Waals surface area contributed by atoms with Crippen LogP contribution < -0.4 is 5.32 Å². The highest BCUT2D eigenvalue weighted by Crippen LogP contribution is 2.25. The molecule has 1 aromatic rings. The number of thioether (sulfide) groups is 1. The molecule has 0 spiro atoms. The lowest BCUT2D eigenvalue weighted by Crippen LogP contribution is -2.24. The summed E-state index contributed by atoms with van der Waals surface area (Å²) in [7, 11) is 0. The van der Waals surface area contributed by atoms with Crippen LogP contribution in [0.4, 0.5) is 5.69 Å². The van der Waals surface area contributed by atoms with Gasteiger partial charge < -0.3 is 5.32 Å². The van der Waals surface area contributed by atoms with Gasteiger partial charge >= 0.3 is 0 Å². The molecule has 84 valence electrons. The van der Waals surface area contributed by atoms with Crippen molar-refractivity contribution < 1.29 is 4.79 Å². The number of rotatable bonds is 2. The predicted molar refractivity (Wildman–Crippen MR) is 68.4 cm³/mol. The second-order valence-electron chi connectivity index (χ2n) is 3.40. The van der Waals surface area contributed by atoms with Gasteiger partial charge in [0.2, 0.25) is 5.91 Å². The molecule has 1 fully saturated rings. The number of aliphatic imine (C=N–C) groups is 1. The van der Waals surface area contributed by atoms with Crippen molar-refractivity contribution in [3.05, 3.63) is 29.3 Å². The Morgan fingerprint density at radius 3 is 2.69 bits per heavy atom. The van der Waals surface area contributed by atoms with Crippen molar-refractivity contribution in [1.82, 2.24) is 5.32 Å². The number of hydrogen-bond donors (Lipinski definition) is 1. The number of nitrogens with zero attached hydrogens (tertiary/aromatic N) is 1. The fourth-order valence-corrected chi connectivity index (χ4v) is 2.41. The van der Waals surface area contributed by atoms with E-state index in [2.05, 4.69) is 10.3 Å². The zero-order valence-electron chi connectivity index (χ0n) is 8.74. The first kappa shape index (κ1) is 11.5. The minimum absolute atomic E-state index is 0.00829. The summed E-state index contributed by atoms with van der Waals surface area (Å²) >= 11 is 7.25. The molecule has 1 aliphatic heterocycles. The van der Waals surface area contributed by atoms with E-state index < -0.39 is 0 Å². The maximum Gasteiger partial charge on any atom is 0.239 e. The highest BCUT2D eigenvalue weighted by molar-refractivity contribution is 8.15. The standard InChI is InChI=1S/C11H11ClN2OS/c1-2-9-10(15)14-11(16-9)13-8-5-3-7(12)4-6-8/h3-6,9H,2H2,1H3,(H,13,14,15)/t9-/m0/s1. The minimum Gasteiger partial charge on any atom is -0.304 e. The van der Waals surface area contributed by atoms with Crippen molar-refractivity contribution in [3.8, 4) is 0 Å². The summed E-state index contributed by atoms with van der Waals surface area (Å²) in [5.74, 6) is 0.0419. The monoisotopic (exact) mass is 254 g/mol. The Hall–Kier alpha value is -1.00. The number of amides is 1. The van der Waals surface area contributed by atoms with Crippen LogP contribution in [0.5, 0.6) is 0 Å². The molecule has 1 N–H and O–H groups in total. The fourth-order valence-electron chi connectivity index (χ4n) is 1.36. The first-order valence-corrected chi connectivity index (χ1v) is 6.26. The van der Waals surface area contributed by atoms with E-state index >= 15 is 0 Å². The Labute approximate surface area is 103 Å². The molecule has 1 amide bonds. The SMILES string of the molecule is CC[C@@H]1SC(=Nc2ccc(Cl)cc2)NC1=O. The van der Waals surface area contributed by atoms with E-state index in [1.54, 1.807) is 12.1 Å². The molecule has 0 radical (unpaired) electrons. The molecule has 0 unspecified atom stereocenters. The van der Waals surface area contributed by atoms with Crippen molar-refractivity contribution >= 4 is 40.1 Å². The van der Waals surface area contributed by atoms with Gasteiger partial charge in [-0.25, -0.2) is 4.99 Å². The summed E-state index contributed by atoms with van der Waals surface area (Å²) in [5.41, 5.74) is 0.795. The summed E-state index contributed by atoms with van der Waals surface area (Å²) in [4.78, 5) is 15.8. The van der Waals surface area contributed by atoms with Crippen LogP contribution in [0.3, 0.4) is 0 Å². The number of hydrogen-bond acceptors (Lipinski definition) is 3. The highest BCUT2D eigenvalue weighted by Gasteiger charge is 2.28. The third-order valence-corrected chi connectivity index (χ3v) is 3.71. The van der Waals surface area contributed by atoms with E-state index in [4.69, 9.17) is 11.6 Å². The van der Waals surface area contributed by atoms with Gasteiger partial charge in [-0.1, -0.05) is 30.3 Å². The average molecular weight is 255 g/mol. The molecule has 5 heteroatoms. The van der Waals surface area contributed by atoms with Gasteiger partial charge in [0.05, 0.1) is 10.9 Å². The van der Waals surface area contributed by atoms with E-state index in [1.165, 1.54) is 11.8 Å². The van der Waals surface area contributed by atoms with Crippen LogP contribution in [-0.2, 0) is 4.79 Å². The van der Waals surface area contributed by atoms with Gasteiger partial charge in [-0.2, -0.15) is 0 Å². The normalized spacial score (nSPS) is 22.5. The first-order chi connectivity index (χ1) is 7.69. The van der Waals surface area contributed by atoms with Gasteiger partial charge in [0, 0.05) is 5.02 Å². The summed E-state index contributed by atoms with van der Waals surface area (Å²) < 4.78 is 0. The van der Waals surface area contributed by atoms with Crippen LogP contribution >= 0.6 is 23.4 Å². The molecule has 1 saturated heterocycles. The van der Waals surface area contributed by atoms with Crippen LogP contribution in [0.25, 0.3) is 0 Å². The zero-order chi connectivity index (χ0) is 11.5. The molecule has 1 atom stereocenters. The van der Waals surface area contributed by atoms with Crippen molar-refractivity contribution in [2.24, 2.45) is 4.99 Å². The number of carbonyl (C=O) groups is 1. The van der Waals surface area contributed by atoms with Crippen LogP contribution in [0, 0.1) is 0 Å². The second-order valence-corrected chi connectivity index (χ2v) is 5.03. The van der Waals surface area contributed by atoms with Crippen LogP contribution in [-0.4, -0.2) is 16.3 Å². The summed E-state index contributed by atoms with van der Waals surface area (Å²) in [5, 5.41) is 4.10. The lowest BCUT2D eigenvalue weighted by atomic mass is 10.3. The average Bonchev–Trinajstić information content (AvgIpc) is 2.62. The number of benzene rings is 1. The van der Waals surface area contributed by atoms with Gasteiger partial charge in [0.15, 0.2) is 5.17 Å². The van der Waals surface area contributed by atoms with E-state index in [0.29, 0.717) is 10.2 Å². The Morgan fingerprint density at radius 1 is 1.44 bits per heavy atom. The zero-order valence-corrected chi connectivity index (χ0v) is 10.3. The second kappa shape index (κ2) is 4.89. The maximum atomic E-state index is 11.4. The topological polar surface area (TPSA) is 41.5 Å². The number of carbonyl (C=O) groups excluding carboxylic acids is 1. The predicted octanol–water partition coefficient (Wildman–Crippen LogP) is 2.97. The highest BCUT2D eigenvalue weighted by atomic mass is 35.5. The Morgan fingerprint density at radius 2 is 2.12 bits per heavy atom. The van der Waals surface area contributed by atoms with Crippen LogP contribution in [0.1, 0.15) is 13.3 Å². The Balaban J connectivity index is 2.14. The minimum atomic E-state index is -0.00829. The first-order valence-electron chi connectivity index (χ1n) is 5.01. The molecular formula is C11H11ClN2OS. The largest absolute Gasteiger partial charge is 0.304 e. The molecule has 1 aliphatic rings. The van der Waals surface area contributed by atoms with Gasteiger partial charge in [-0.05, 0) is 30.7 Å². The molecule has 0 saturated carbocycles. The molecule has 1 aromatic carbocycles. The molecule has 3 nitrogen and oxygen atoms in total. The number of amidine groups is 1. The summed E-state index contributed by atoms with van der Waals surface area (Å²) in [6.07, 6.45) is 0.816. The van der Waals surface area contributed by atoms with E-state index in [0.717, 1.165) is 12.1 Å². The van der Waals surface area contributed by atoms with Crippen LogP contribution in [0.2, 0.25) is 5.02 Å². The lowest BCUT2D eigenvalue weighted by Gasteiger charge is -1.97. The van der Waals surface area contributed by atoms with Crippen molar-refractivity contribution in [2.75, 3.05) is 0 Å². The summed E-state index contributed by atoms with van der Waals surface area (Å²) in [6, 6.07) is 7.20. The molecule has 2 rings (SSSR count). The lowest BCUT2D eigenvalue weighted by molar-refractivity contribution is -0.118. The maximum absolute atomic E-state index is 11.4. The molecule has 0 bridgehead atoms. The van der Waals surface area contributed by atoms with E-state index in [-0.39, 0.29) is 11.2 Å². The number of nitrogens with one attached hydrogen (secondary N) is 1. The van der Waals surface area contributed by atoms with Gasteiger partial charge in [0.25, 0.3) is 0 Å². The molecule has 1 heterocycles. The van der Waals surface area contributed by atoms with Crippen LogP contribution in [0.15, 0.2) is 29.3 Å². The smallest absolute Gasteiger partial charge is 0.239 e. The van der Waals surface area contributed by atoms with E-state index in [1.807, 2.05) is 19.1 Å². The molecular weight excluding hydrogens is 244 g/mol.